The Balaban J connectivity index is 1.58. The lowest BCUT2D eigenvalue weighted by molar-refractivity contribution is 0.0733. The molecule has 0 saturated heterocycles. The molecule has 0 fully saturated rings. The largest absolute Gasteiger partial charge is 0.333 e. The number of halogens is 1. The van der Waals surface area contributed by atoms with Crippen LogP contribution in [0.1, 0.15) is 45.1 Å². The highest BCUT2D eigenvalue weighted by molar-refractivity contribution is 6.04. The quantitative estimate of drug-likeness (QED) is 0.428. The van der Waals surface area contributed by atoms with Crippen LogP contribution in [0.15, 0.2) is 89.7 Å². The number of para-hydroxylation sites is 1. The van der Waals surface area contributed by atoms with Crippen molar-refractivity contribution in [2.45, 2.75) is 19.9 Å². The van der Waals surface area contributed by atoms with E-state index >= 15 is 0 Å². The minimum atomic E-state index is -0.601. The second-order valence-electron chi connectivity index (χ2n) is 8.40. The molecule has 1 N–H and O–H groups in total. The number of carbonyl (C=O) groups is 2. The number of nitrogens with one attached hydrogen (secondary N) is 1. The Morgan fingerprint density at radius 2 is 1.67 bits per heavy atom. The zero-order chi connectivity index (χ0) is 25.8. The summed E-state index contributed by atoms with van der Waals surface area (Å²) < 4.78 is 15.6. The third kappa shape index (κ3) is 5.07. The number of hydrogen-bond donors (Lipinski definition) is 1. The molecule has 0 aliphatic heterocycles. The van der Waals surface area contributed by atoms with Gasteiger partial charge in [0.1, 0.15) is 11.5 Å². The van der Waals surface area contributed by atoms with E-state index in [1.165, 1.54) is 27.8 Å². The van der Waals surface area contributed by atoms with Crippen LogP contribution in [-0.4, -0.2) is 33.5 Å². The predicted octanol–water partition coefficient (Wildman–Crippen LogP) is 4.77. The molecule has 2 amide bonds. The van der Waals surface area contributed by atoms with Crippen molar-refractivity contribution in [2.75, 3.05) is 12.4 Å². The lowest BCUT2D eigenvalue weighted by Crippen LogP contribution is -2.35. The minimum absolute atomic E-state index is 0.140. The van der Waals surface area contributed by atoms with Crippen LogP contribution in [0.4, 0.5) is 10.1 Å². The fourth-order valence-electron chi connectivity index (χ4n) is 3.80. The third-order valence-corrected chi connectivity index (χ3v) is 5.95. The maximum absolute atomic E-state index is 14.4. The molecular weight excluding hydrogens is 459 g/mol. The second kappa shape index (κ2) is 10.4. The maximum atomic E-state index is 14.4. The van der Waals surface area contributed by atoms with Crippen molar-refractivity contribution in [1.82, 2.24) is 14.7 Å². The Kier molecular flexibility index (Phi) is 7.05. The van der Waals surface area contributed by atoms with Crippen LogP contribution in [0.25, 0.3) is 5.69 Å². The van der Waals surface area contributed by atoms with Crippen molar-refractivity contribution >= 4 is 17.5 Å². The topological polar surface area (TPSA) is 84.3 Å². The van der Waals surface area contributed by atoms with Gasteiger partial charge in [-0.3, -0.25) is 14.4 Å². The summed E-state index contributed by atoms with van der Waals surface area (Å²) >= 11 is 0. The van der Waals surface area contributed by atoms with E-state index in [0.29, 0.717) is 16.9 Å². The molecule has 4 aromatic rings. The molecule has 1 heterocycles. The predicted molar refractivity (Wildman–Crippen MR) is 136 cm³/mol. The first-order valence-electron chi connectivity index (χ1n) is 11.4. The Bertz CT molecular complexity index is 1480. The number of carbonyl (C=O) groups excluding carboxylic acids is 2. The lowest BCUT2D eigenvalue weighted by Gasteiger charge is -2.25. The number of hydrogen-bond acceptors (Lipinski definition) is 4. The zero-order valence-electron chi connectivity index (χ0n) is 20.1. The van der Waals surface area contributed by atoms with Crippen LogP contribution in [-0.2, 0) is 0 Å². The number of anilines is 1. The summed E-state index contributed by atoms with van der Waals surface area (Å²) in [4.78, 5) is 39.9. The van der Waals surface area contributed by atoms with Crippen molar-refractivity contribution in [3.8, 4) is 5.69 Å². The molecule has 8 heteroatoms. The first kappa shape index (κ1) is 24.5. The molecule has 1 atom stereocenters. The Morgan fingerprint density at radius 3 is 2.39 bits per heavy atom. The molecule has 0 bridgehead atoms. The van der Waals surface area contributed by atoms with E-state index in [-0.39, 0.29) is 17.3 Å². The van der Waals surface area contributed by atoms with Crippen LogP contribution in [0.5, 0.6) is 0 Å². The minimum Gasteiger partial charge on any atom is -0.333 e. The molecule has 182 valence electrons. The average molecular weight is 485 g/mol. The molecule has 0 aliphatic carbocycles. The van der Waals surface area contributed by atoms with Gasteiger partial charge in [0.2, 0.25) is 5.43 Å². The van der Waals surface area contributed by atoms with Gasteiger partial charge in [-0.25, -0.2) is 9.07 Å². The molecule has 3 aromatic carbocycles. The molecule has 1 aromatic heterocycles. The van der Waals surface area contributed by atoms with Gasteiger partial charge < -0.3 is 10.2 Å². The van der Waals surface area contributed by atoms with E-state index < -0.39 is 23.2 Å². The lowest BCUT2D eigenvalue weighted by atomic mass is 10.1. The highest BCUT2D eigenvalue weighted by atomic mass is 19.1. The zero-order valence-corrected chi connectivity index (χ0v) is 20.1. The van der Waals surface area contributed by atoms with E-state index in [2.05, 4.69) is 10.4 Å². The van der Waals surface area contributed by atoms with Crippen molar-refractivity contribution in [2.24, 2.45) is 0 Å². The highest BCUT2D eigenvalue weighted by Crippen LogP contribution is 2.23. The van der Waals surface area contributed by atoms with E-state index in [1.807, 2.05) is 12.1 Å². The number of benzene rings is 3. The van der Waals surface area contributed by atoms with Gasteiger partial charge in [0.15, 0.2) is 5.69 Å². The summed E-state index contributed by atoms with van der Waals surface area (Å²) in [6.07, 6.45) is 0. The Hall–Kier alpha value is -4.59. The normalized spacial score (nSPS) is 11.6. The number of rotatable bonds is 6. The highest BCUT2D eigenvalue weighted by Gasteiger charge is 2.24. The van der Waals surface area contributed by atoms with Gasteiger partial charge in [-0.2, -0.15) is 5.10 Å². The van der Waals surface area contributed by atoms with Gasteiger partial charge in [0.25, 0.3) is 11.8 Å². The molecule has 0 saturated carbocycles. The molecule has 0 radical (unpaired) electrons. The monoisotopic (exact) mass is 484 g/mol. The van der Waals surface area contributed by atoms with Gasteiger partial charge >= 0.3 is 0 Å². The molecule has 0 aliphatic rings. The van der Waals surface area contributed by atoms with E-state index in [9.17, 15) is 18.8 Å². The van der Waals surface area contributed by atoms with Crippen molar-refractivity contribution in [3.63, 3.8) is 0 Å². The summed E-state index contributed by atoms with van der Waals surface area (Å²) in [5.74, 6) is -1.37. The van der Waals surface area contributed by atoms with Crippen LogP contribution >= 0.6 is 0 Å². The number of aromatic nitrogens is 2. The SMILES string of the molecule is Cc1cc(=O)c(C(=O)N(C)C(C)c2cccc(NC(=O)c3ccccc3)c2)nn1-c1ccccc1F. The smallest absolute Gasteiger partial charge is 0.278 e. The van der Waals surface area contributed by atoms with E-state index in [4.69, 9.17) is 0 Å². The molecule has 7 nitrogen and oxygen atoms in total. The molecule has 0 spiro atoms. The van der Waals surface area contributed by atoms with Gasteiger partial charge in [0, 0.05) is 30.1 Å². The van der Waals surface area contributed by atoms with Crippen molar-refractivity contribution in [3.05, 3.63) is 123 Å². The maximum Gasteiger partial charge on any atom is 0.278 e. The fourth-order valence-corrected chi connectivity index (χ4v) is 3.80. The molecular formula is C28H25FN4O3. The Morgan fingerprint density at radius 1 is 0.972 bits per heavy atom. The van der Waals surface area contributed by atoms with Gasteiger partial charge in [-0.05, 0) is 55.8 Å². The summed E-state index contributed by atoms with van der Waals surface area (Å²) in [7, 11) is 1.57. The third-order valence-electron chi connectivity index (χ3n) is 5.95. The van der Waals surface area contributed by atoms with Gasteiger partial charge in [-0.15, -0.1) is 0 Å². The standard InChI is InChI=1S/C28H25FN4O3/c1-18-16-25(34)26(31-33(18)24-15-8-7-14-23(24)29)28(36)32(3)19(2)21-12-9-13-22(17-21)30-27(35)20-10-5-4-6-11-20/h4-17,19H,1-3H3,(H,30,35). The first-order chi connectivity index (χ1) is 17.3. The van der Waals surface area contributed by atoms with Crippen LogP contribution in [0.2, 0.25) is 0 Å². The van der Waals surface area contributed by atoms with Crippen molar-refractivity contribution < 1.29 is 14.0 Å². The fraction of sp³-hybridized carbons (Fsp3) is 0.143. The van der Waals surface area contributed by atoms with Crippen LogP contribution < -0.4 is 10.7 Å². The summed E-state index contributed by atoms with van der Waals surface area (Å²) in [5.41, 5.74) is 1.53. The summed E-state index contributed by atoms with van der Waals surface area (Å²) in [6.45, 7) is 3.43. The average Bonchev–Trinajstić information content (AvgIpc) is 2.89. The number of amides is 2. The van der Waals surface area contributed by atoms with Crippen molar-refractivity contribution in [1.29, 1.82) is 0 Å². The van der Waals surface area contributed by atoms with Gasteiger partial charge in [-0.1, -0.05) is 42.5 Å². The number of aryl methyl sites for hydroxylation is 1. The Labute approximate surface area is 207 Å². The van der Waals surface area contributed by atoms with Crippen LogP contribution in [0, 0.1) is 12.7 Å². The van der Waals surface area contributed by atoms with Crippen LogP contribution in [0.3, 0.4) is 0 Å². The van der Waals surface area contributed by atoms with E-state index in [0.717, 1.165) is 5.56 Å². The summed E-state index contributed by atoms with van der Waals surface area (Å²) in [5, 5.41) is 7.06. The summed E-state index contributed by atoms with van der Waals surface area (Å²) in [6, 6.07) is 22.8. The van der Waals surface area contributed by atoms with Gasteiger partial charge in [0.05, 0.1) is 6.04 Å². The number of nitrogens with zero attached hydrogens (tertiary/aromatic N) is 3. The molecule has 36 heavy (non-hydrogen) atoms. The molecule has 4 rings (SSSR count). The second-order valence-corrected chi connectivity index (χ2v) is 8.40. The molecule has 1 unspecified atom stereocenters. The first-order valence-corrected chi connectivity index (χ1v) is 11.4. The van der Waals surface area contributed by atoms with E-state index in [1.54, 1.807) is 75.5 Å².